The minimum absolute atomic E-state index is 0.106. The minimum atomic E-state index is -4.53. The maximum absolute atomic E-state index is 13.0. The molecule has 0 spiro atoms. The van der Waals surface area contributed by atoms with E-state index in [1.165, 1.54) is 30.6 Å². The molecule has 0 aliphatic rings. The van der Waals surface area contributed by atoms with Crippen LogP contribution in [0, 0.1) is 13.8 Å². The van der Waals surface area contributed by atoms with Crippen LogP contribution in [0.2, 0.25) is 0 Å². The van der Waals surface area contributed by atoms with Crippen molar-refractivity contribution in [1.29, 1.82) is 0 Å². The van der Waals surface area contributed by atoms with Crippen molar-refractivity contribution in [3.05, 3.63) is 88.1 Å². The molecule has 1 amide bonds. The number of esters is 1. The first kappa shape index (κ1) is 24.2. The lowest BCUT2D eigenvalue weighted by atomic mass is 10.1. The first-order valence-corrected chi connectivity index (χ1v) is 11.3. The lowest BCUT2D eigenvalue weighted by molar-refractivity contribution is -0.137. The summed E-state index contributed by atoms with van der Waals surface area (Å²) in [4.78, 5) is 28.7. The van der Waals surface area contributed by atoms with Crippen molar-refractivity contribution in [1.82, 2.24) is 9.55 Å². The number of aromatic nitrogens is 2. The number of nitrogens with one attached hydrogen (secondary N) is 1. The number of rotatable bonds is 5. The van der Waals surface area contributed by atoms with Gasteiger partial charge in [-0.15, -0.1) is 11.3 Å². The van der Waals surface area contributed by atoms with Crippen LogP contribution in [0.5, 0.6) is 0 Å². The Hall–Kier alpha value is -3.92. The van der Waals surface area contributed by atoms with E-state index in [0.29, 0.717) is 11.3 Å². The monoisotopic (exact) mass is 499 g/mol. The summed E-state index contributed by atoms with van der Waals surface area (Å²) in [5, 5.41) is 4.62. The van der Waals surface area contributed by atoms with E-state index in [1.54, 1.807) is 17.5 Å². The second kappa shape index (κ2) is 9.38. The van der Waals surface area contributed by atoms with Crippen molar-refractivity contribution in [3.8, 4) is 16.9 Å². The van der Waals surface area contributed by atoms with Gasteiger partial charge in [-0.3, -0.25) is 10.1 Å². The lowest BCUT2D eigenvalue weighted by Crippen LogP contribution is -2.13. The van der Waals surface area contributed by atoms with Gasteiger partial charge in [-0.1, -0.05) is 6.07 Å². The molecule has 10 heteroatoms. The number of halogens is 3. The second-order valence-electron chi connectivity index (χ2n) is 7.73. The van der Waals surface area contributed by atoms with E-state index in [9.17, 15) is 22.8 Å². The molecule has 0 bridgehead atoms. The van der Waals surface area contributed by atoms with Gasteiger partial charge >= 0.3 is 12.1 Å². The highest BCUT2D eigenvalue weighted by Crippen LogP contribution is 2.33. The largest absolute Gasteiger partial charge is 0.465 e. The van der Waals surface area contributed by atoms with E-state index in [1.807, 2.05) is 36.6 Å². The number of nitrogens with zero attached hydrogens (tertiary/aromatic N) is 2. The molecule has 2 aromatic carbocycles. The lowest BCUT2D eigenvalue weighted by Gasteiger charge is -2.10. The van der Waals surface area contributed by atoms with Gasteiger partial charge in [0.05, 0.1) is 23.9 Å². The molecule has 35 heavy (non-hydrogen) atoms. The van der Waals surface area contributed by atoms with Crippen LogP contribution >= 0.6 is 11.3 Å². The summed E-state index contributed by atoms with van der Waals surface area (Å²) in [6.45, 7) is 3.87. The number of carbonyl (C=O) groups excluding carboxylic acids is 2. The van der Waals surface area contributed by atoms with Crippen LogP contribution in [0.1, 0.15) is 37.7 Å². The molecular weight excluding hydrogens is 479 g/mol. The van der Waals surface area contributed by atoms with Gasteiger partial charge in [0.2, 0.25) is 0 Å². The van der Waals surface area contributed by atoms with Crippen LogP contribution in [0.25, 0.3) is 16.9 Å². The Labute approximate surface area is 203 Å². The molecule has 4 aromatic rings. The van der Waals surface area contributed by atoms with Gasteiger partial charge in [0.1, 0.15) is 0 Å². The molecule has 0 saturated carbocycles. The number of benzene rings is 2. The molecule has 6 nitrogen and oxygen atoms in total. The number of hydrogen-bond acceptors (Lipinski definition) is 5. The Balaban J connectivity index is 1.57. The zero-order chi connectivity index (χ0) is 25.3. The molecule has 0 unspecified atom stereocenters. The van der Waals surface area contributed by atoms with Gasteiger partial charge in [0.25, 0.3) is 5.91 Å². The van der Waals surface area contributed by atoms with Crippen molar-refractivity contribution < 1.29 is 27.5 Å². The van der Waals surface area contributed by atoms with Gasteiger partial charge in [-0.25, -0.2) is 9.78 Å². The molecule has 180 valence electrons. The number of aryl methyl sites for hydroxylation is 1. The maximum atomic E-state index is 13.0. The summed E-state index contributed by atoms with van der Waals surface area (Å²) in [5.41, 5.74) is 3.60. The molecule has 4 rings (SSSR count). The fraction of sp³-hybridized carbons (Fsp3) is 0.160. The van der Waals surface area contributed by atoms with Crippen LogP contribution in [0.15, 0.2) is 60.0 Å². The van der Waals surface area contributed by atoms with Gasteiger partial charge in [0, 0.05) is 33.6 Å². The molecule has 0 fully saturated rings. The van der Waals surface area contributed by atoms with Crippen molar-refractivity contribution >= 4 is 28.3 Å². The first-order chi connectivity index (χ1) is 16.6. The van der Waals surface area contributed by atoms with Crippen LogP contribution in [-0.4, -0.2) is 28.5 Å². The summed E-state index contributed by atoms with van der Waals surface area (Å²) >= 11 is 1.18. The van der Waals surface area contributed by atoms with Crippen LogP contribution in [-0.2, 0) is 10.9 Å². The number of carbonyl (C=O) groups is 2. The average molecular weight is 500 g/mol. The van der Waals surface area contributed by atoms with Crippen molar-refractivity contribution in [2.45, 2.75) is 20.0 Å². The normalized spacial score (nSPS) is 11.4. The van der Waals surface area contributed by atoms with Gasteiger partial charge in [-0.05, 0) is 62.4 Å². The molecule has 0 saturated heterocycles. The summed E-state index contributed by atoms with van der Waals surface area (Å²) in [6.07, 6.45) is -4.53. The Morgan fingerprint density at radius 3 is 2.40 bits per heavy atom. The predicted octanol–water partition coefficient (Wildman–Crippen LogP) is 6.28. The highest BCUT2D eigenvalue weighted by molar-refractivity contribution is 7.14. The van der Waals surface area contributed by atoms with Crippen LogP contribution in [0.4, 0.5) is 18.3 Å². The molecule has 1 N–H and O–H groups in total. The zero-order valence-corrected chi connectivity index (χ0v) is 19.8. The fourth-order valence-electron chi connectivity index (χ4n) is 3.74. The summed E-state index contributed by atoms with van der Waals surface area (Å²) in [5.74, 6) is -1.09. The zero-order valence-electron chi connectivity index (χ0n) is 18.9. The second-order valence-corrected chi connectivity index (χ2v) is 8.59. The Kier molecular flexibility index (Phi) is 6.49. The van der Waals surface area contributed by atoms with E-state index in [-0.39, 0.29) is 10.7 Å². The number of anilines is 1. The number of thiazole rings is 1. The van der Waals surface area contributed by atoms with Gasteiger partial charge in [-0.2, -0.15) is 13.2 Å². The highest BCUT2D eigenvalue weighted by atomic mass is 32.1. The topological polar surface area (TPSA) is 73.2 Å². The van der Waals surface area contributed by atoms with Crippen molar-refractivity contribution in [3.63, 3.8) is 0 Å². The number of amides is 1. The molecular formula is C25H20F3N3O3S. The third kappa shape index (κ3) is 4.97. The smallest absolute Gasteiger partial charge is 0.416 e. The Bertz CT molecular complexity index is 1410. The molecule has 0 atom stereocenters. The maximum Gasteiger partial charge on any atom is 0.416 e. The summed E-state index contributed by atoms with van der Waals surface area (Å²) in [6, 6.07) is 13.2. The van der Waals surface area contributed by atoms with Crippen molar-refractivity contribution in [2.75, 3.05) is 12.4 Å². The quantitative estimate of drug-likeness (QED) is 0.328. The first-order valence-electron chi connectivity index (χ1n) is 10.4. The van der Waals surface area contributed by atoms with E-state index in [4.69, 9.17) is 4.74 Å². The fourth-order valence-corrected chi connectivity index (χ4v) is 4.45. The third-order valence-electron chi connectivity index (χ3n) is 5.43. The predicted molar refractivity (Wildman–Crippen MR) is 127 cm³/mol. The van der Waals surface area contributed by atoms with E-state index in [2.05, 4.69) is 10.3 Å². The number of ether oxygens (including phenoxy) is 1. The SMILES string of the molecule is COC(=O)c1ccc(-n2c(C)cc(-c3csc(NC(=O)c4cccc(C(F)(F)F)c4)n3)c2C)cc1. The van der Waals surface area contributed by atoms with Crippen molar-refractivity contribution in [2.24, 2.45) is 0 Å². The van der Waals surface area contributed by atoms with Crippen LogP contribution < -0.4 is 5.32 Å². The molecule has 0 radical (unpaired) electrons. The number of hydrogen-bond donors (Lipinski definition) is 1. The minimum Gasteiger partial charge on any atom is -0.465 e. The van der Waals surface area contributed by atoms with Gasteiger partial charge < -0.3 is 9.30 Å². The summed E-state index contributed by atoms with van der Waals surface area (Å²) < 4.78 is 45.6. The molecule has 0 aliphatic carbocycles. The van der Waals surface area contributed by atoms with Crippen LogP contribution in [0.3, 0.4) is 0 Å². The highest BCUT2D eigenvalue weighted by Gasteiger charge is 2.31. The third-order valence-corrected chi connectivity index (χ3v) is 6.19. The number of alkyl halides is 3. The average Bonchev–Trinajstić information content (AvgIpc) is 3.41. The van der Waals surface area contributed by atoms with E-state index in [0.717, 1.165) is 34.8 Å². The van der Waals surface area contributed by atoms with E-state index < -0.39 is 23.6 Å². The van der Waals surface area contributed by atoms with Gasteiger partial charge in [0.15, 0.2) is 5.13 Å². The molecule has 0 aliphatic heterocycles. The summed E-state index contributed by atoms with van der Waals surface area (Å²) in [7, 11) is 1.33. The number of methoxy groups -OCH3 is 1. The standard InChI is InChI=1S/C25H20F3N3O3S/c1-14-11-20(15(2)31(14)19-9-7-16(8-10-19)23(33)34-3)21-13-35-24(29-21)30-22(32)17-5-4-6-18(12-17)25(26,27)28/h4-13H,1-3H3,(H,29,30,32). The Morgan fingerprint density at radius 1 is 1.03 bits per heavy atom. The van der Waals surface area contributed by atoms with E-state index >= 15 is 0 Å². The Morgan fingerprint density at radius 2 is 1.74 bits per heavy atom. The molecule has 2 heterocycles. The molecule has 2 aromatic heterocycles.